The van der Waals surface area contributed by atoms with E-state index in [4.69, 9.17) is 0 Å². The Hall–Kier alpha value is -0.570. The SMILES string of the molecule is CC1CCNC1C(=O)NCC1(C)CCC1. The van der Waals surface area contributed by atoms with E-state index in [2.05, 4.69) is 24.5 Å². The van der Waals surface area contributed by atoms with E-state index < -0.39 is 0 Å². The van der Waals surface area contributed by atoms with Crippen molar-refractivity contribution in [2.45, 2.75) is 45.6 Å². The zero-order valence-corrected chi connectivity index (χ0v) is 9.81. The van der Waals surface area contributed by atoms with Crippen LogP contribution in [-0.2, 0) is 4.79 Å². The molecule has 2 fully saturated rings. The fourth-order valence-electron chi connectivity index (χ4n) is 2.55. The second-order valence-corrected chi connectivity index (χ2v) is 5.58. The third-order valence-corrected chi connectivity index (χ3v) is 4.07. The summed E-state index contributed by atoms with van der Waals surface area (Å²) in [7, 11) is 0. The van der Waals surface area contributed by atoms with Crippen LogP contribution in [0, 0.1) is 11.3 Å². The van der Waals surface area contributed by atoms with Gasteiger partial charge in [-0.3, -0.25) is 4.79 Å². The molecule has 2 atom stereocenters. The number of carbonyl (C=O) groups excluding carboxylic acids is 1. The molecular weight excluding hydrogens is 188 g/mol. The lowest BCUT2D eigenvalue weighted by Crippen LogP contribution is -2.48. The van der Waals surface area contributed by atoms with Crippen LogP contribution < -0.4 is 10.6 Å². The van der Waals surface area contributed by atoms with Crippen LogP contribution in [0.1, 0.15) is 39.5 Å². The highest BCUT2D eigenvalue weighted by atomic mass is 16.2. The summed E-state index contributed by atoms with van der Waals surface area (Å²) < 4.78 is 0. The molecule has 1 saturated heterocycles. The van der Waals surface area contributed by atoms with E-state index in [1.807, 2.05) is 0 Å². The normalized spacial score (nSPS) is 33.5. The maximum atomic E-state index is 11.9. The van der Waals surface area contributed by atoms with E-state index in [-0.39, 0.29) is 11.9 Å². The molecule has 2 N–H and O–H groups in total. The molecular formula is C12H22N2O. The zero-order chi connectivity index (χ0) is 10.9. The van der Waals surface area contributed by atoms with Gasteiger partial charge < -0.3 is 10.6 Å². The molecule has 0 aromatic heterocycles. The lowest BCUT2D eigenvalue weighted by atomic mass is 9.70. The monoisotopic (exact) mass is 210 g/mol. The molecule has 2 aliphatic rings. The van der Waals surface area contributed by atoms with Gasteiger partial charge in [0.15, 0.2) is 0 Å². The van der Waals surface area contributed by atoms with Gasteiger partial charge in [-0.2, -0.15) is 0 Å². The predicted octanol–water partition coefficient (Wildman–Crippen LogP) is 1.29. The lowest BCUT2D eigenvalue weighted by molar-refractivity contribution is -0.124. The minimum absolute atomic E-state index is 0.0497. The Morgan fingerprint density at radius 1 is 1.53 bits per heavy atom. The molecule has 0 radical (unpaired) electrons. The summed E-state index contributed by atoms with van der Waals surface area (Å²) in [5.74, 6) is 0.687. The van der Waals surface area contributed by atoms with E-state index in [1.54, 1.807) is 0 Å². The number of amides is 1. The summed E-state index contributed by atoms with van der Waals surface area (Å²) in [4.78, 5) is 11.9. The Bertz CT molecular complexity index is 248. The van der Waals surface area contributed by atoms with Gasteiger partial charge >= 0.3 is 0 Å². The van der Waals surface area contributed by atoms with Gasteiger partial charge in [-0.15, -0.1) is 0 Å². The Morgan fingerprint density at radius 2 is 2.27 bits per heavy atom. The van der Waals surface area contributed by atoms with Crippen molar-refractivity contribution < 1.29 is 4.79 Å². The van der Waals surface area contributed by atoms with E-state index >= 15 is 0 Å². The molecule has 1 heterocycles. The smallest absolute Gasteiger partial charge is 0.237 e. The first-order valence-corrected chi connectivity index (χ1v) is 6.12. The van der Waals surface area contributed by atoms with Gasteiger partial charge in [-0.25, -0.2) is 0 Å². The first-order chi connectivity index (χ1) is 7.11. The number of rotatable bonds is 3. The molecule has 15 heavy (non-hydrogen) atoms. The molecule has 0 bridgehead atoms. The minimum Gasteiger partial charge on any atom is -0.354 e. The van der Waals surface area contributed by atoms with Crippen LogP contribution >= 0.6 is 0 Å². The maximum absolute atomic E-state index is 11.9. The summed E-state index contributed by atoms with van der Waals surface area (Å²) in [6.07, 6.45) is 4.97. The predicted molar refractivity (Wildman–Crippen MR) is 60.5 cm³/mol. The number of hydrogen-bond donors (Lipinski definition) is 2. The molecule has 1 saturated carbocycles. The third kappa shape index (κ3) is 2.33. The standard InChI is InChI=1S/C12H22N2O/c1-9-4-7-13-10(9)11(15)14-8-12(2)5-3-6-12/h9-10,13H,3-8H2,1-2H3,(H,14,15). The maximum Gasteiger partial charge on any atom is 0.237 e. The van der Waals surface area contributed by atoms with E-state index in [1.165, 1.54) is 19.3 Å². The molecule has 1 amide bonds. The highest BCUT2D eigenvalue weighted by Gasteiger charge is 2.34. The van der Waals surface area contributed by atoms with Crippen LogP contribution in [0.5, 0.6) is 0 Å². The summed E-state index contributed by atoms with van der Waals surface area (Å²) >= 11 is 0. The van der Waals surface area contributed by atoms with Crippen LogP contribution in [0.15, 0.2) is 0 Å². The fraction of sp³-hybridized carbons (Fsp3) is 0.917. The van der Waals surface area contributed by atoms with E-state index in [0.29, 0.717) is 11.3 Å². The molecule has 3 nitrogen and oxygen atoms in total. The van der Waals surface area contributed by atoms with Crippen molar-refractivity contribution >= 4 is 5.91 Å². The minimum atomic E-state index is 0.0497. The number of carbonyl (C=O) groups is 1. The van der Waals surface area contributed by atoms with Crippen LogP contribution in [0.3, 0.4) is 0 Å². The van der Waals surface area contributed by atoms with Crippen molar-refractivity contribution in [2.24, 2.45) is 11.3 Å². The van der Waals surface area contributed by atoms with Gasteiger partial charge in [-0.05, 0) is 37.1 Å². The van der Waals surface area contributed by atoms with Crippen LogP contribution in [-0.4, -0.2) is 25.0 Å². The van der Waals surface area contributed by atoms with Crippen LogP contribution in [0.4, 0.5) is 0 Å². The zero-order valence-electron chi connectivity index (χ0n) is 9.81. The largest absolute Gasteiger partial charge is 0.354 e. The van der Waals surface area contributed by atoms with Gasteiger partial charge in [0.1, 0.15) is 0 Å². The highest BCUT2D eigenvalue weighted by molar-refractivity contribution is 5.82. The first kappa shape index (κ1) is 10.9. The Morgan fingerprint density at radius 3 is 2.73 bits per heavy atom. The highest BCUT2D eigenvalue weighted by Crippen LogP contribution is 2.39. The van der Waals surface area contributed by atoms with Crippen molar-refractivity contribution in [3.8, 4) is 0 Å². The molecule has 0 aromatic rings. The summed E-state index contributed by atoms with van der Waals surface area (Å²) in [5, 5.41) is 6.36. The van der Waals surface area contributed by atoms with Crippen LogP contribution in [0.2, 0.25) is 0 Å². The molecule has 0 spiro atoms. The Balaban J connectivity index is 1.76. The van der Waals surface area contributed by atoms with Crippen molar-refractivity contribution in [3.05, 3.63) is 0 Å². The Kier molecular flexibility index (Phi) is 3.01. The molecule has 0 aromatic carbocycles. The number of nitrogens with one attached hydrogen (secondary N) is 2. The van der Waals surface area contributed by atoms with Crippen molar-refractivity contribution in [3.63, 3.8) is 0 Å². The second kappa shape index (κ2) is 4.12. The van der Waals surface area contributed by atoms with Crippen molar-refractivity contribution in [2.75, 3.05) is 13.1 Å². The lowest BCUT2D eigenvalue weighted by Gasteiger charge is -2.38. The topological polar surface area (TPSA) is 41.1 Å². The first-order valence-electron chi connectivity index (χ1n) is 6.12. The quantitative estimate of drug-likeness (QED) is 0.737. The van der Waals surface area contributed by atoms with Crippen LogP contribution in [0.25, 0.3) is 0 Å². The van der Waals surface area contributed by atoms with Gasteiger partial charge in [0.05, 0.1) is 6.04 Å². The van der Waals surface area contributed by atoms with E-state index in [0.717, 1.165) is 19.5 Å². The molecule has 86 valence electrons. The third-order valence-electron chi connectivity index (χ3n) is 4.07. The van der Waals surface area contributed by atoms with Gasteiger partial charge in [0, 0.05) is 6.54 Å². The molecule has 2 rings (SSSR count). The van der Waals surface area contributed by atoms with Gasteiger partial charge in [0.25, 0.3) is 0 Å². The van der Waals surface area contributed by atoms with E-state index in [9.17, 15) is 4.79 Å². The summed E-state index contributed by atoms with van der Waals surface area (Å²) in [6, 6.07) is 0.0497. The summed E-state index contributed by atoms with van der Waals surface area (Å²) in [6.45, 7) is 6.25. The fourth-order valence-corrected chi connectivity index (χ4v) is 2.55. The summed E-state index contributed by atoms with van der Waals surface area (Å²) in [5.41, 5.74) is 0.386. The average Bonchev–Trinajstić information content (AvgIpc) is 2.58. The van der Waals surface area contributed by atoms with Crippen molar-refractivity contribution in [1.82, 2.24) is 10.6 Å². The average molecular weight is 210 g/mol. The van der Waals surface area contributed by atoms with Gasteiger partial charge in [-0.1, -0.05) is 20.3 Å². The molecule has 1 aliphatic heterocycles. The Labute approximate surface area is 92.0 Å². The van der Waals surface area contributed by atoms with Gasteiger partial charge in [0.2, 0.25) is 5.91 Å². The second-order valence-electron chi connectivity index (χ2n) is 5.58. The molecule has 1 aliphatic carbocycles. The molecule has 2 unspecified atom stereocenters. The van der Waals surface area contributed by atoms with Crippen molar-refractivity contribution in [1.29, 1.82) is 0 Å². The molecule has 3 heteroatoms. The number of hydrogen-bond acceptors (Lipinski definition) is 2.